The van der Waals surface area contributed by atoms with Crippen molar-refractivity contribution < 1.29 is 32.3 Å². The van der Waals surface area contributed by atoms with E-state index in [1.807, 2.05) is 121 Å². The molecule has 5 aromatic rings. The average molecular weight is 709 g/mol. The summed E-state index contributed by atoms with van der Waals surface area (Å²) in [7, 11) is -4.15. The van der Waals surface area contributed by atoms with Gasteiger partial charge in [-0.2, -0.15) is 4.31 Å². The first-order chi connectivity index (χ1) is 24.8. The Labute approximate surface area is 298 Å². The maximum Gasteiger partial charge on any atom is 0.269 e. The van der Waals surface area contributed by atoms with Crippen LogP contribution < -0.4 is 0 Å². The summed E-state index contributed by atoms with van der Waals surface area (Å²) in [5.41, 5.74) is 3.17. The molecule has 0 saturated carbocycles. The third-order valence-electron chi connectivity index (χ3n) is 8.14. The number of carbonyl (C=O) groups excluding carboxylic acids is 1. The van der Waals surface area contributed by atoms with Crippen LogP contribution in [0.25, 0.3) is 0 Å². The van der Waals surface area contributed by atoms with Gasteiger partial charge in [0, 0.05) is 25.2 Å². The fraction of sp³-hybridized carbons (Fsp3) is 0.225. The first kappa shape index (κ1) is 37.2. The van der Waals surface area contributed by atoms with E-state index in [2.05, 4.69) is 0 Å². The summed E-state index contributed by atoms with van der Waals surface area (Å²) in [4.78, 5) is 24.5. The molecule has 264 valence electrons. The highest BCUT2D eigenvalue weighted by molar-refractivity contribution is 7.89. The number of carbonyl (C=O) groups is 1. The van der Waals surface area contributed by atoms with Crippen LogP contribution in [0, 0.1) is 10.1 Å². The lowest BCUT2D eigenvalue weighted by Gasteiger charge is -2.29. The Balaban J connectivity index is 1.43. The Kier molecular flexibility index (Phi) is 13.7. The number of hydrogen-bond acceptors (Lipinski definition) is 8. The quantitative estimate of drug-likeness (QED) is 0.0618. The summed E-state index contributed by atoms with van der Waals surface area (Å²) in [5.74, 6) is -0.340. The van der Waals surface area contributed by atoms with Crippen molar-refractivity contribution in [3.8, 4) is 0 Å². The zero-order valence-corrected chi connectivity index (χ0v) is 28.8. The predicted octanol–water partition coefficient (Wildman–Crippen LogP) is 7.13. The molecule has 0 aromatic heterocycles. The summed E-state index contributed by atoms with van der Waals surface area (Å²) in [5, 5.41) is 11.3. The third kappa shape index (κ3) is 11.2. The predicted molar refractivity (Wildman–Crippen MR) is 193 cm³/mol. The number of nitrogens with zero attached hydrogens (tertiary/aromatic N) is 2. The van der Waals surface area contributed by atoms with Gasteiger partial charge in [-0.1, -0.05) is 121 Å². The van der Waals surface area contributed by atoms with E-state index in [9.17, 15) is 23.3 Å². The second-order valence-electron chi connectivity index (χ2n) is 11.9. The van der Waals surface area contributed by atoms with E-state index >= 15 is 0 Å². The molecule has 0 radical (unpaired) electrons. The number of benzene rings is 5. The molecule has 2 atom stereocenters. The third-order valence-corrected chi connectivity index (χ3v) is 10.00. The maximum absolute atomic E-state index is 14.1. The highest BCUT2D eigenvalue weighted by Crippen LogP contribution is 2.24. The second kappa shape index (κ2) is 18.8. The van der Waals surface area contributed by atoms with Crippen LogP contribution in [0.2, 0.25) is 0 Å². The van der Waals surface area contributed by atoms with E-state index in [0.29, 0.717) is 0 Å². The Hall–Kier alpha value is -5.04. The topological polar surface area (TPSA) is 125 Å². The monoisotopic (exact) mass is 708 g/mol. The number of hydrogen-bond donors (Lipinski definition) is 0. The van der Waals surface area contributed by atoms with Gasteiger partial charge in [0.25, 0.3) is 5.69 Å². The molecule has 51 heavy (non-hydrogen) atoms. The Morgan fingerprint density at radius 2 is 1.12 bits per heavy atom. The summed E-state index contributed by atoms with van der Waals surface area (Å²) >= 11 is 0. The highest BCUT2D eigenvalue weighted by Gasteiger charge is 2.33. The van der Waals surface area contributed by atoms with E-state index in [1.54, 1.807) is 0 Å². The Bertz CT molecular complexity index is 1910. The van der Waals surface area contributed by atoms with E-state index in [0.717, 1.165) is 22.3 Å². The van der Waals surface area contributed by atoms with Gasteiger partial charge in [0.15, 0.2) is 5.78 Å². The lowest BCUT2D eigenvalue weighted by atomic mass is 10.1. The SMILES string of the molecule is O=C(COCc1ccccc1)[C@H](OCc1ccccc1)[C@@H](CCN(Cc1ccccc1)S(=O)(=O)c1ccc([N+](=O)[O-])cc1)OCc1ccccc1. The lowest BCUT2D eigenvalue weighted by molar-refractivity contribution is -0.384. The number of ketones is 1. The zero-order chi connectivity index (χ0) is 35.9. The molecule has 5 aromatic carbocycles. The van der Waals surface area contributed by atoms with E-state index in [1.165, 1.54) is 28.6 Å². The number of Topliss-reactive ketones (excluding diaryl/α,β-unsaturated/α-hetero) is 1. The van der Waals surface area contributed by atoms with Gasteiger partial charge in [0.05, 0.1) is 35.7 Å². The van der Waals surface area contributed by atoms with E-state index in [4.69, 9.17) is 14.2 Å². The molecule has 0 amide bonds. The van der Waals surface area contributed by atoms with Gasteiger partial charge in [0.2, 0.25) is 10.0 Å². The van der Waals surface area contributed by atoms with Gasteiger partial charge in [-0.25, -0.2) is 8.42 Å². The molecule has 0 fully saturated rings. The van der Waals surface area contributed by atoms with Crippen molar-refractivity contribution in [1.29, 1.82) is 0 Å². The van der Waals surface area contributed by atoms with Gasteiger partial charge in [-0.3, -0.25) is 14.9 Å². The van der Waals surface area contributed by atoms with Crippen molar-refractivity contribution in [1.82, 2.24) is 4.31 Å². The van der Waals surface area contributed by atoms with Crippen LogP contribution in [-0.4, -0.2) is 48.8 Å². The zero-order valence-electron chi connectivity index (χ0n) is 28.0. The molecule has 0 unspecified atom stereocenters. The summed E-state index contributed by atoms with van der Waals surface area (Å²) in [6.07, 6.45) is -1.87. The van der Waals surface area contributed by atoms with Crippen LogP contribution in [0.5, 0.6) is 0 Å². The number of rotatable bonds is 20. The molecule has 0 aliphatic rings. The largest absolute Gasteiger partial charge is 0.370 e. The molecule has 0 saturated heterocycles. The minimum Gasteiger partial charge on any atom is -0.370 e. The molecule has 10 nitrogen and oxygen atoms in total. The fourth-order valence-electron chi connectivity index (χ4n) is 5.42. The second-order valence-corrected chi connectivity index (χ2v) is 13.8. The van der Waals surface area contributed by atoms with Gasteiger partial charge in [0.1, 0.15) is 12.7 Å². The highest BCUT2D eigenvalue weighted by atomic mass is 32.2. The van der Waals surface area contributed by atoms with Crippen molar-refractivity contribution in [2.75, 3.05) is 13.2 Å². The molecule has 0 heterocycles. The summed E-state index contributed by atoms with van der Waals surface area (Å²) in [6.45, 7) is 0.241. The summed E-state index contributed by atoms with van der Waals surface area (Å²) < 4.78 is 48.1. The molecular formula is C40H40N2O8S. The summed E-state index contributed by atoms with van der Waals surface area (Å²) in [6, 6.07) is 42.3. The molecule has 5 rings (SSSR count). The minimum absolute atomic E-state index is 0.0231. The van der Waals surface area contributed by atoms with Crippen LogP contribution in [-0.2, 0) is 55.4 Å². The standard InChI is InChI=1S/C40H40N2O8S/c43-38(31-48-28-33-15-7-2-8-16-33)40(50-30-35-19-11-4-12-20-35)39(49-29-34-17-9-3-10-18-34)25-26-41(27-32-13-5-1-6-14-32)51(46,47)37-23-21-36(22-24-37)42(44)45/h1-24,39-40H,25-31H2/t39-,40+/m1/s1. The van der Waals surface area contributed by atoms with Crippen molar-refractivity contribution in [2.24, 2.45) is 0 Å². The van der Waals surface area contributed by atoms with Crippen LogP contribution in [0.1, 0.15) is 28.7 Å². The number of sulfonamides is 1. The van der Waals surface area contributed by atoms with Crippen LogP contribution >= 0.6 is 0 Å². The molecular weight excluding hydrogens is 669 g/mol. The number of ether oxygens (including phenoxy) is 3. The first-order valence-corrected chi connectivity index (χ1v) is 18.0. The van der Waals surface area contributed by atoms with Gasteiger partial charge in [-0.15, -0.1) is 0 Å². The van der Waals surface area contributed by atoms with Gasteiger partial charge >= 0.3 is 0 Å². The van der Waals surface area contributed by atoms with Crippen LogP contribution in [0.4, 0.5) is 5.69 Å². The number of non-ortho nitro benzene ring substituents is 1. The maximum atomic E-state index is 14.1. The van der Waals surface area contributed by atoms with Crippen molar-refractivity contribution in [2.45, 2.75) is 49.9 Å². The van der Waals surface area contributed by atoms with E-state index < -0.39 is 27.2 Å². The van der Waals surface area contributed by atoms with Crippen molar-refractivity contribution >= 4 is 21.5 Å². The minimum atomic E-state index is -4.15. The van der Waals surface area contributed by atoms with E-state index in [-0.39, 0.29) is 62.3 Å². The van der Waals surface area contributed by atoms with Gasteiger partial charge in [-0.05, 0) is 40.8 Å². The lowest BCUT2D eigenvalue weighted by Crippen LogP contribution is -2.43. The normalized spacial score (nSPS) is 12.7. The molecule has 0 aliphatic heterocycles. The fourth-order valence-corrected chi connectivity index (χ4v) is 6.87. The molecule has 11 heteroatoms. The smallest absolute Gasteiger partial charge is 0.269 e. The van der Waals surface area contributed by atoms with Crippen LogP contribution in [0.15, 0.2) is 150 Å². The molecule has 0 N–H and O–H groups in total. The Morgan fingerprint density at radius 3 is 1.63 bits per heavy atom. The van der Waals surface area contributed by atoms with Crippen molar-refractivity contribution in [3.05, 3.63) is 178 Å². The number of nitro groups is 1. The molecule has 0 bridgehead atoms. The Morgan fingerprint density at radius 1 is 0.647 bits per heavy atom. The molecule has 0 aliphatic carbocycles. The molecule has 0 spiro atoms. The van der Waals surface area contributed by atoms with Gasteiger partial charge < -0.3 is 14.2 Å². The average Bonchev–Trinajstić information content (AvgIpc) is 3.16. The number of nitro benzene ring substituents is 1. The van der Waals surface area contributed by atoms with Crippen molar-refractivity contribution in [3.63, 3.8) is 0 Å². The van der Waals surface area contributed by atoms with Crippen LogP contribution in [0.3, 0.4) is 0 Å². The first-order valence-electron chi connectivity index (χ1n) is 16.5.